The number of carbonyl (C=O) groups excluding carboxylic acids is 1. The molecule has 2 aromatic heterocycles. The number of aryl methyl sites for hydroxylation is 2. The van der Waals surface area contributed by atoms with Crippen LogP contribution in [0.5, 0.6) is 0 Å². The molecule has 1 amide bonds. The molecule has 7 nitrogen and oxygen atoms in total. The van der Waals surface area contributed by atoms with Crippen molar-refractivity contribution in [1.82, 2.24) is 24.5 Å². The van der Waals surface area contributed by atoms with Crippen LogP contribution in [-0.4, -0.2) is 35.7 Å². The minimum Gasteiger partial charge on any atom is -0.322 e. The number of amides is 1. The van der Waals surface area contributed by atoms with E-state index in [1.165, 1.54) is 24.6 Å². The highest BCUT2D eigenvalue weighted by Gasteiger charge is 2.31. The van der Waals surface area contributed by atoms with Crippen LogP contribution in [-0.2, 0) is 18.4 Å². The molecule has 2 heterocycles. The van der Waals surface area contributed by atoms with E-state index in [2.05, 4.69) is 32.1 Å². The molecule has 0 saturated heterocycles. The number of rotatable bonds is 6. The molecule has 3 rings (SSSR count). The quantitative estimate of drug-likeness (QED) is 0.812. The molecule has 1 unspecified atom stereocenters. The van der Waals surface area contributed by atoms with Crippen LogP contribution in [0.4, 0.5) is 5.69 Å². The van der Waals surface area contributed by atoms with Gasteiger partial charge in [0.05, 0.1) is 22.3 Å². The highest BCUT2D eigenvalue weighted by Crippen LogP contribution is 2.40. The van der Waals surface area contributed by atoms with Crippen LogP contribution >= 0.6 is 11.8 Å². The largest absolute Gasteiger partial charge is 0.322 e. The normalized spacial score (nSPS) is 15.5. The predicted octanol–water partition coefficient (Wildman–Crippen LogP) is 2.65. The molecule has 0 bridgehead atoms. The Bertz CT molecular complexity index is 761. The van der Waals surface area contributed by atoms with Gasteiger partial charge in [-0.05, 0) is 40.5 Å². The third-order valence-corrected chi connectivity index (χ3v) is 5.49. The van der Waals surface area contributed by atoms with Crippen molar-refractivity contribution in [3.8, 4) is 0 Å². The van der Waals surface area contributed by atoms with E-state index in [4.69, 9.17) is 0 Å². The van der Waals surface area contributed by atoms with Crippen LogP contribution in [0.3, 0.4) is 0 Å². The number of anilines is 1. The van der Waals surface area contributed by atoms with Crippen LogP contribution in [0.15, 0.2) is 5.16 Å². The Hall–Kier alpha value is -1.83. The third-order valence-electron chi connectivity index (χ3n) is 4.41. The van der Waals surface area contributed by atoms with Gasteiger partial charge in [0.15, 0.2) is 5.16 Å². The number of hydrogen-bond acceptors (Lipinski definition) is 5. The van der Waals surface area contributed by atoms with Gasteiger partial charge in [0, 0.05) is 19.5 Å². The van der Waals surface area contributed by atoms with Crippen LogP contribution < -0.4 is 5.32 Å². The van der Waals surface area contributed by atoms with Crippen LogP contribution in [0.25, 0.3) is 0 Å². The van der Waals surface area contributed by atoms with Gasteiger partial charge in [-0.1, -0.05) is 11.8 Å². The highest BCUT2D eigenvalue weighted by atomic mass is 32.2. The van der Waals surface area contributed by atoms with Gasteiger partial charge in [-0.15, -0.1) is 10.2 Å². The number of aromatic nitrogens is 5. The minimum atomic E-state index is -0.259. The van der Waals surface area contributed by atoms with Gasteiger partial charge in [-0.25, -0.2) is 0 Å². The molecule has 24 heavy (non-hydrogen) atoms. The molecule has 0 aromatic carbocycles. The molecule has 1 atom stereocenters. The summed E-state index contributed by atoms with van der Waals surface area (Å²) in [5, 5.41) is 16.5. The number of hydrogen-bond donors (Lipinski definition) is 1. The van der Waals surface area contributed by atoms with Gasteiger partial charge in [-0.3, -0.25) is 9.48 Å². The van der Waals surface area contributed by atoms with Gasteiger partial charge >= 0.3 is 0 Å². The van der Waals surface area contributed by atoms with E-state index >= 15 is 0 Å². The maximum absolute atomic E-state index is 12.6. The van der Waals surface area contributed by atoms with Crippen molar-refractivity contribution in [2.24, 2.45) is 7.05 Å². The molecule has 2 aromatic rings. The lowest BCUT2D eigenvalue weighted by atomic mass is 10.3. The fraction of sp³-hybridized carbons (Fsp3) is 0.625. The first-order valence-electron chi connectivity index (χ1n) is 8.33. The van der Waals surface area contributed by atoms with Crippen LogP contribution in [0.1, 0.15) is 49.8 Å². The summed E-state index contributed by atoms with van der Waals surface area (Å²) in [6.45, 7) is 8.66. The molecule has 130 valence electrons. The van der Waals surface area contributed by atoms with Crippen molar-refractivity contribution < 1.29 is 4.79 Å². The van der Waals surface area contributed by atoms with E-state index in [9.17, 15) is 4.79 Å². The molecule has 8 heteroatoms. The summed E-state index contributed by atoms with van der Waals surface area (Å²) < 4.78 is 3.91. The van der Waals surface area contributed by atoms with Gasteiger partial charge < -0.3 is 9.88 Å². The first-order chi connectivity index (χ1) is 11.4. The lowest BCUT2D eigenvalue weighted by Crippen LogP contribution is -2.23. The Morgan fingerprint density at radius 1 is 1.38 bits per heavy atom. The second-order valence-corrected chi connectivity index (χ2v) is 7.59. The molecule has 1 N–H and O–H groups in total. The van der Waals surface area contributed by atoms with Crippen molar-refractivity contribution in [3.05, 3.63) is 17.2 Å². The van der Waals surface area contributed by atoms with Crippen molar-refractivity contribution in [3.63, 3.8) is 0 Å². The Kier molecular flexibility index (Phi) is 4.67. The van der Waals surface area contributed by atoms with E-state index in [0.717, 1.165) is 34.6 Å². The van der Waals surface area contributed by atoms with Gasteiger partial charge in [0.25, 0.3) is 0 Å². The molecule has 1 aliphatic carbocycles. The Morgan fingerprint density at radius 3 is 2.62 bits per heavy atom. The second-order valence-electron chi connectivity index (χ2n) is 6.28. The summed E-state index contributed by atoms with van der Waals surface area (Å²) in [5.74, 6) is 1.57. The maximum atomic E-state index is 12.6. The molecular weight excluding hydrogens is 324 g/mol. The van der Waals surface area contributed by atoms with Crippen LogP contribution in [0.2, 0.25) is 0 Å². The fourth-order valence-electron chi connectivity index (χ4n) is 2.72. The first-order valence-corrected chi connectivity index (χ1v) is 9.21. The molecule has 1 fully saturated rings. The smallest absolute Gasteiger partial charge is 0.237 e. The minimum absolute atomic E-state index is 0.0437. The number of carbonyl (C=O) groups is 1. The maximum Gasteiger partial charge on any atom is 0.237 e. The van der Waals surface area contributed by atoms with E-state index in [-0.39, 0.29) is 11.2 Å². The molecular formula is C16H24N6OS. The predicted molar refractivity (Wildman–Crippen MR) is 94.3 cm³/mol. The van der Waals surface area contributed by atoms with E-state index in [1.54, 1.807) is 4.68 Å². The van der Waals surface area contributed by atoms with Gasteiger partial charge in [-0.2, -0.15) is 5.10 Å². The number of nitrogens with one attached hydrogen (secondary N) is 1. The van der Waals surface area contributed by atoms with Crippen molar-refractivity contribution in [2.45, 2.75) is 63.4 Å². The highest BCUT2D eigenvalue weighted by molar-refractivity contribution is 8.00. The lowest BCUT2D eigenvalue weighted by molar-refractivity contribution is -0.115. The van der Waals surface area contributed by atoms with Crippen molar-refractivity contribution in [1.29, 1.82) is 0 Å². The first kappa shape index (κ1) is 17.0. The topological polar surface area (TPSA) is 77.6 Å². The van der Waals surface area contributed by atoms with Gasteiger partial charge in [0.1, 0.15) is 5.82 Å². The fourth-order valence-corrected chi connectivity index (χ4v) is 3.64. The zero-order chi connectivity index (χ0) is 17.4. The van der Waals surface area contributed by atoms with E-state index in [0.29, 0.717) is 5.92 Å². The average molecular weight is 348 g/mol. The van der Waals surface area contributed by atoms with Crippen LogP contribution in [0, 0.1) is 13.8 Å². The summed E-state index contributed by atoms with van der Waals surface area (Å²) in [6, 6.07) is 0. The molecule has 1 saturated carbocycles. The summed E-state index contributed by atoms with van der Waals surface area (Å²) in [5.41, 5.74) is 2.57. The zero-order valence-electron chi connectivity index (χ0n) is 14.8. The standard InChI is InChI=1S/C16H24N6OS/c1-6-22-14(12-7-8-12)18-19-16(22)24-11(4)15(23)17-13-9(2)20-21(5)10(13)3/h11-12H,6-8H2,1-5H3,(H,17,23). The molecule has 0 radical (unpaired) electrons. The van der Waals surface area contributed by atoms with Gasteiger partial charge in [0.2, 0.25) is 5.91 Å². The third kappa shape index (κ3) is 3.19. The SMILES string of the molecule is CCn1c(SC(C)C(=O)Nc2c(C)nn(C)c2C)nnc1C1CC1. The van der Waals surface area contributed by atoms with Crippen molar-refractivity contribution >= 4 is 23.4 Å². The second kappa shape index (κ2) is 6.58. The zero-order valence-corrected chi connectivity index (χ0v) is 15.6. The summed E-state index contributed by atoms with van der Waals surface area (Å²) in [7, 11) is 1.87. The Labute approximate surface area is 146 Å². The number of thioether (sulfide) groups is 1. The molecule has 0 spiro atoms. The summed E-state index contributed by atoms with van der Waals surface area (Å²) >= 11 is 1.46. The Balaban J connectivity index is 1.70. The Morgan fingerprint density at radius 2 is 2.08 bits per heavy atom. The van der Waals surface area contributed by atoms with E-state index < -0.39 is 0 Å². The number of nitrogens with zero attached hydrogens (tertiary/aromatic N) is 5. The van der Waals surface area contributed by atoms with E-state index in [1.807, 2.05) is 27.8 Å². The lowest BCUT2D eigenvalue weighted by Gasteiger charge is -2.13. The molecule has 0 aliphatic heterocycles. The molecule has 1 aliphatic rings. The van der Waals surface area contributed by atoms with Crippen molar-refractivity contribution in [2.75, 3.05) is 5.32 Å². The summed E-state index contributed by atoms with van der Waals surface area (Å²) in [6.07, 6.45) is 2.39. The monoisotopic (exact) mass is 348 g/mol. The summed E-state index contributed by atoms with van der Waals surface area (Å²) in [4.78, 5) is 12.6. The average Bonchev–Trinajstić information content (AvgIpc) is 3.27.